The van der Waals surface area contributed by atoms with Crippen molar-refractivity contribution in [1.29, 1.82) is 0 Å². The maximum atomic E-state index is 5.48. The van der Waals surface area contributed by atoms with Crippen molar-refractivity contribution in [3.8, 4) is 0 Å². The fourth-order valence-corrected chi connectivity index (χ4v) is 1.92. The molecule has 1 heteroatoms. The zero-order chi connectivity index (χ0) is 26.2. The van der Waals surface area contributed by atoms with Crippen molar-refractivity contribution in [2.45, 2.75) is 102 Å². The summed E-state index contributed by atoms with van der Waals surface area (Å²) in [6.45, 7) is 28.2. The predicted molar refractivity (Wildman–Crippen MR) is 156 cm³/mol. The molecule has 2 aromatic carbocycles. The van der Waals surface area contributed by atoms with Gasteiger partial charge in [0.25, 0.3) is 0 Å². The van der Waals surface area contributed by atoms with Crippen molar-refractivity contribution in [3.63, 3.8) is 0 Å². The van der Waals surface area contributed by atoms with E-state index in [2.05, 4.69) is 64.6 Å². The highest BCUT2D eigenvalue weighted by Crippen LogP contribution is 2.04. The van der Waals surface area contributed by atoms with Crippen LogP contribution in [0.1, 0.15) is 100 Å². The van der Waals surface area contributed by atoms with Crippen LogP contribution in [0.5, 0.6) is 0 Å². The van der Waals surface area contributed by atoms with Gasteiger partial charge in [0.2, 0.25) is 0 Å². The van der Waals surface area contributed by atoms with E-state index in [1.165, 1.54) is 16.7 Å². The van der Waals surface area contributed by atoms with Gasteiger partial charge in [-0.2, -0.15) is 0 Å². The second kappa shape index (κ2) is 39.2. The Morgan fingerprint density at radius 2 is 1.19 bits per heavy atom. The standard InChI is InChI=1S/C8H11N.C8H14.C7H8.4C2H6/c1-2-7-3-5-8(9)6-4-7;1-4-7-8(5-2)6-3;1-7-5-3-2-4-6-7;4*1-2/h3-6H,2,9H2,1H3;5,7H,2,4,6H2,1,3H3;2-6H,1H3;4*1-2H3/b;8-7+;;;;;. The largest absolute Gasteiger partial charge is 0.399 e. The molecular formula is C31H57N. The summed E-state index contributed by atoms with van der Waals surface area (Å²) in [6.07, 6.45) is 7.43. The van der Waals surface area contributed by atoms with Crippen LogP contribution >= 0.6 is 0 Å². The maximum Gasteiger partial charge on any atom is 0.0314 e. The van der Waals surface area contributed by atoms with Gasteiger partial charge in [-0.15, -0.1) is 0 Å². The van der Waals surface area contributed by atoms with E-state index in [1.807, 2.05) is 91.8 Å². The van der Waals surface area contributed by atoms with Crippen molar-refractivity contribution in [1.82, 2.24) is 0 Å². The SMILES string of the molecule is C=C/C(=C\CC)CC.CC.CC.CC.CC.CCc1ccc(N)cc1.Cc1ccccc1. The molecule has 0 aromatic heterocycles. The molecule has 2 aromatic rings. The van der Waals surface area contributed by atoms with Crippen molar-refractivity contribution in [2.24, 2.45) is 0 Å². The van der Waals surface area contributed by atoms with Gasteiger partial charge in [0.05, 0.1) is 0 Å². The summed E-state index contributed by atoms with van der Waals surface area (Å²) in [7, 11) is 0. The minimum atomic E-state index is 0.840. The van der Waals surface area contributed by atoms with Crippen LogP contribution in [0.4, 0.5) is 5.69 Å². The first-order valence-electron chi connectivity index (χ1n) is 12.7. The van der Waals surface area contributed by atoms with E-state index in [4.69, 9.17) is 5.73 Å². The number of hydrogen-bond acceptors (Lipinski definition) is 1. The molecule has 0 aliphatic heterocycles. The minimum absolute atomic E-state index is 0.840. The van der Waals surface area contributed by atoms with Gasteiger partial charge in [-0.1, -0.05) is 148 Å². The Balaban J connectivity index is -0.0000000987. The monoisotopic (exact) mass is 443 g/mol. The van der Waals surface area contributed by atoms with Crippen molar-refractivity contribution in [2.75, 3.05) is 5.73 Å². The van der Waals surface area contributed by atoms with Gasteiger partial charge >= 0.3 is 0 Å². The molecule has 1 nitrogen and oxygen atoms in total. The van der Waals surface area contributed by atoms with E-state index in [0.717, 1.165) is 24.9 Å². The highest BCUT2D eigenvalue weighted by atomic mass is 14.5. The Hall–Kier alpha value is -2.28. The Morgan fingerprint density at radius 3 is 1.41 bits per heavy atom. The molecule has 0 saturated heterocycles. The van der Waals surface area contributed by atoms with Crippen LogP contribution in [0.15, 0.2) is 78.9 Å². The van der Waals surface area contributed by atoms with Gasteiger partial charge in [-0.3, -0.25) is 0 Å². The first-order valence-corrected chi connectivity index (χ1v) is 12.7. The molecule has 186 valence electrons. The summed E-state index contributed by atoms with van der Waals surface area (Å²) in [5.74, 6) is 0. The summed E-state index contributed by atoms with van der Waals surface area (Å²) < 4.78 is 0. The first kappa shape index (κ1) is 40.1. The summed E-state index contributed by atoms with van der Waals surface area (Å²) in [5.41, 5.74) is 10.3. The molecule has 32 heavy (non-hydrogen) atoms. The van der Waals surface area contributed by atoms with E-state index in [1.54, 1.807) is 0 Å². The number of nitrogen functional groups attached to an aromatic ring is 1. The van der Waals surface area contributed by atoms with Gasteiger partial charge in [-0.05, 0) is 43.9 Å². The lowest BCUT2D eigenvalue weighted by Gasteiger charge is -1.94. The quantitative estimate of drug-likeness (QED) is 0.369. The fourth-order valence-electron chi connectivity index (χ4n) is 1.92. The lowest BCUT2D eigenvalue weighted by molar-refractivity contribution is 1.10. The van der Waals surface area contributed by atoms with Crippen LogP contribution in [0.25, 0.3) is 0 Å². The molecule has 0 saturated carbocycles. The highest BCUT2D eigenvalue weighted by Gasteiger charge is 1.85. The van der Waals surface area contributed by atoms with Crippen molar-refractivity contribution < 1.29 is 0 Å². The Kier molecular flexibility index (Phi) is 49.2. The summed E-state index contributed by atoms with van der Waals surface area (Å²) >= 11 is 0. The van der Waals surface area contributed by atoms with Crippen LogP contribution < -0.4 is 5.73 Å². The molecule has 0 fully saturated rings. The van der Waals surface area contributed by atoms with E-state index < -0.39 is 0 Å². The Labute approximate surface area is 203 Å². The molecule has 0 atom stereocenters. The van der Waals surface area contributed by atoms with Crippen LogP contribution in [0.2, 0.25) is 0 Å². The van der Waals surface area contributed by atoms with Crippen LogP contribution in [0, 0.1) is 6.92 Å². The third-order valence-corrected chi connectivity index (χ3v) is 3.47. The number of nitrogens with two attached hydrogens (primary N) is 1. The molecule has 0 heterocycles. The zero-order valence-corrected chi connectivity index (χ0v) is 23.8. The maximum absolute atomic E-state index is 5.48. The minimum Gasteiger partial charge on any atom is -0.399 e. The lowest BCUT2D eigenvalue weighted by atomic mass is 10.2. The van der Waals surface area contributed by atoms with Gasteiger partial charge in [0.1, 0.15) is 0 Å². The molecule has 0 spiro atoms. The number of rotatable bonds is 4. The first-order chi connectivity index (χ1) is 15.6. The molecule has 0 aliphatic rings. The molecule has 0 radical (unpaired) electrons. The lowest BCUT2D eigenvalue weighted by Crippen LogP contribution is -1.84. The summed E-state index contributed by atoms with van der Waals surface area (Å²) in [5, 5.41) is 0. The van der Waals surface area contributed by atoms with Crippen LogP contribution in [-0.2, 0) is 6.42 Å². The molecule has 0 unspecified atom stereocenters. The molecule has 0 amide bonds. The molecule has 0 aliphatic carbocycles. The molecule has 2 N–H and O–H groups in total. The van der Waals surface area contributed by atoms with Crippen molar-refractivity contribution >= 4 is 5.69 Å². The van der Waals surface area contributed by atoms with Gasteiger partial charge in [0.15, 0.2) is 0 Å². The van der Waals surface area contributed by atoms with Crippen molar-refractivity contribution in [3.05, 3.63) is 90.0 Å². The topological polar surface area (TPSA) is 26.0 Å². The average Bonchev–Trinajstić information content (AvgIpc) is 2.89. The Bertz CT molecular complexity index is 565. The number of allylic oxidation sites excluding steroid dienone is 3. The molecule has 2 rings (SSSR count). The van der Waals surface area contributed by atoms with Gasteiger partial charge in [0, 0.05) is 5.69 Å². The number of aryl methyl sites for hydroxylation is 2. The highest BCUT2D eigenvalue weighted by molar-refractivity contribution is 5.39. The van der Waals surface area contributed by atoms with Gasteiger partial charge in [-0.25, -0.2) is 0 Å². The zero-order valence-electron chi connectivity index (χ0n) is 23.8. The number of benzene rings is 2. The summed E-state index contributed by atoms with van der Waals surface area (Å²) in [4.78, 5) is 0. The van der Waals surface area contributed by atoms with E-state index in [0.29, 0.717) is 0 Å². The average molecular weight is 444 g/mol. The number of hydrogen-bond donors (Lipinski definition) is 1. The normalized spacial score (nSPS) is 8.19. The second-order valence-electron chi connectivity index (χ2n) is 5.49. The smallest absolute Gasteiger partial charge is 0.0314 e. The fraction of sp³-hybridized carbons (Fsp3) is 0.484. The Morgan fingerprint density at radius 1 is 0.750 bits per heavy atom. The molecule has 0 bridgehead atoms. The predicted octanol–water partition coefficient (Wildman–Crippen LogP) is 10.8. The summed E-state index contributed by atoms with van der Waals surface area (Å²) in [6, 6.07) is 18.2. The number of anilines is 1. The van der Waals surface area contributed by atoms with E-state index >= 15 is 0 Å². The molecular weight excluding hydrogens is 386 g/mol. The van der Waals surface area contributed by atoms with E-state index in [9.17, 15) is 0 Å². The third kappa shape index (κ3) is 32.4. The third-order valence-electron chi connectivity index (χ3n) is 3.47. The van der Waals surface area contributed by atoms with Crippen LogP contribution in [-0.4, -0.2) is 0 Å². The van der Waals surface area contributed by atoms with Crippen LogP contribution in [0.3, 0.4) is 0 Å². The van der Waals surface area contributed by atoms with E-state index in [-0.39, 0.29) is 0 Å². The second-order valence-corrected chi connectivity index (χ2v) is 5.49. The van der Waals surface area contributed by atoms with Gasteiger partial charge < -0.3 is 5.73 Å².